The number of methoxy groups -OCH3 is 1. The van der Waals surface area contributed by atoms with Gasteiger partial charge in [-0.1, -0.05) is 27.7 Å². The topological polar surface area (TPSA) is 22.1 Å². The fourth-order valence-electron chi connectivity index (χ4n) is 0.483. The maximum atomic E-state index is 12.1. The monoisotopic (exact) mass is 187 g/mol. The molecule has 1 heterocycles. The lowest BCUT2D eigenvalue weighted by molar-refractivity contribution is 0.410. The van der Waals surface area contributed by atoms with E-state index >= 15 is 0 Å². The zero-order chi connectivity index (χ0) is 10.7. The lowest BCUT2D eigenvalue weighted by Gasteiger charge is -1.94. The predicted octanol–water partition coefficient (Wildman–Crippen LogP) is 3.28. The Morgan fingerprint density at radius 1 is 1.15 bits per heavy atom. The number of halogens is 1. The zero-order valence-electron chi connectivity index (χ0n) is 8.97. The highest BCUT2D eigenvalue weighted by atomic mass is 19.1. The van der Waals surface area contributed by atoms with Crippen LogP contribution in [0.2, 0.25) is 0 Å². The Hall–Kier alpha value is -1.12. The zero-order valence-corrected chi connectivity index (χ0v) is 8.97. The maximum Gasteiger partial charge on any atom is 0.213 e. The molecule has 0 radical (unpaired) electrons. The summed E-state index contributed by atoms with van der Waals surface area (Å²) in [7, 11) is 1.51. The molecule has 0 unspecified atom stereocenters. The van der Waals surface area contributed by atoms with E-state index in [9.17, 15) is 4.39 Å². The van der Waals surface area contributed by atoms with Crippen molar-refractivity contribution >= 4 is 0 Å². The summed E-state index contributed by atoms with van der Waals surface area (Å²) in [5, 5.41) is 0. The third-order valence-corrected chi connectivity index (χ3v) is 0.936. The molecule has 0 fully saturated rings. The molecule has 0 spiro atoms. The summed E-state index contributed by atoms with van der Waals surface area (Å²) >= 11 is 0. The number of rotatable bonds is 1. The van der Waals surface area contributed by atoms with Gasteiger partial charge in [0.05, 0.1) is 13.3 Å². The largest absolute Gasteiger partial charge is 0.495 e. The minimum atomic E-state index is -0.490. The quantitative estimate of drug-likeness (QED) is 0.629. The van der Waals surface area contributed by atoms with Gasteiger partial charge in [0.25, 0.3) is 0 Å². The molecule has 0 aliphatic carbocycles. The molecule has 3 heteroatoms. The average Bonchev–Trinajstić information content (AvgIpc) is 2.25. The van der Waals surface area contributed by atoms with Gasteiger partial charge in [0.2, 0.25) is 5.95 Å². The molecular formula is C10H18FNO. The number of hydrogen-bond donors (Lipinski definition) is 0. The number of nitrogens with zero attached hydrogens (tertiary/aromatic N) is 1. The smallest absolute Gasteiger partial charge is 0.213 e. The van der Waals surface area contributed by atoms with Crippen molar-refractivity contribution in [3.63, 3.8) is 0 Å². The number of pyridine rings is 1. The van der Waals surface area contributed by atoms with Gasteiger partial charge in [-0.25, -0.2) is 4.98 Å². The minimum Gasteiger partial charge on any atom is -0.495 e. The van der Waals surface area contributed by atoms with E-state index in [0.29, 0.717) is 5.75 Å². The molecule has 13 heavy (non-hydrogen) atoms. The first-order chi connectivity index (χ1) is 6.33. The Kier molecular flexibility index (Phi) is 12.1. The van der Waals surface area contributed by atoms with Crippen LogP contribution in [-0.4, -0.2) is 12.1 Å². The second kappa shape index (κ2) is 10.9. The first-order valence-corrected chi connectivity index (χ1v) is 4.48. The van der Waals surface area contributed by atoms with Crippen molar-refractivity contribution in [1.29, 1.82) is 0 Å². The van der Waals surface area contributed by atoms with Crippen molar-refractivity contribution in [2.45, 2.75) is 27.7 Å². The van der Waals surface area contributed by atoms with Crippen molar-refractivity contribution in [3.8, 4) is 5.75 Å². The van der Waals surface area contributed by atoms with Crippen LogP contribution in [0.25, 0.3) is 0 Å². The van der Waals surface area contributed by atoms with Gasteiger partial charge in [-0.2, -0.15) is 4.39 Å². The third-order valence-electron chi connectivity index (χ3n) is 0.936. The second-order valence-electron chi connectivity index (χ2n) is 1.52. The molecule has 1 aromatic rings. The van der Waals surface area contributed by atoms with E-state index < -0.39 is 5.95 Å². The molecule has 1 rings (SSSR count). The van der Waals surface area contributed by atoms with E-state index in [0.717, 1.165) is 0 Å². The highest BCUT2D eigenvalue weighted by Gasteiger charge is 1.89. The number of hydrogen-bond acceptors (Lipinski definition) is 2. The van der Waals surface area contributed by atoms with Crippen LogP contribution < -0.4 is 4.74 Å². The van der Waals surface area contributed by atoms with E-state index in [1.807, 2.05) is 27.7 Å². The Morgan fingerprint density at radius 3 is 2.00 bits per heavy atom. The van der Waals surface area contributed by atoms with E-state index in [2.05, 4.69) is 4.98 Å². The van der Waals surface area contributed by atoms with Crippen LogP contribution in [0.3, 0.4) is 0 Å². The SMILES string of the molecule is CC.CC.COc1ccc(F)nc1. The Labute approximate surface area is 79.8 Å². The lowest BCUT2D eigenvalue weighted by atomic mass is 10.5. The summed E-state index contributed by atoms with van der Waals surface area (Å²) < 4.78 is 16.8. The number of aromatic nitrogens is 1. The predicted molar refractivity (Wildman–Crippen MR) is 53.4 cm³/mol. The van der Waals surface area contributed by atoms with Crippen molar-refractivity contribution in [1.82, 2.24) is 4.98 Å². The van der Waals surface area contributed by atoms with Gasteiger partial charge in [-0.3, -0.25) is 0 Å². The van der Waals surface area contributed by atoms with Gasteiger partial charge in [-0.15, -0.1) is 0 Å². The molecule has 0 aromatic carbocycles. The van der Waals surface area contributed by atoms with Crippen LogP contribution in [0.4, 0.5) is 4.39 Å². The van der Waals surface area contributed by atoms with Crippen molar-refractivity contribution < 1.29 is 9.13 Å². The van der Waals surface area contributed by atoms with Gasteiger partial charge in [-0.05, 0) is 12.1 Å². The van der Waals surface area contributed by atoms with Gasteiger partial charge in [0.1, 0.15) is 5.75 Å². The van der Waals surface area contributed by atoms with Crippen LogP contribution in [0, 0.1) is 5.95 Å². The van der Waals surface area contributed by atoms with Gasteiger partial charge in [0.15, 0.2) is 0 Å². The minimum absolute atomic E-state index is 0.490. The summed E-state index contributed by atoms with van der Waals surface area (Å²) in [5.41, 5.74) is 0. The molecular weight excluding hydrogens is 169 g/mol. The van der Waals surface area contributed by atoms with Crippen LogP contribution in [0.15, 0.2) is 18.3 Å². The van der Waals surface area contributed by atoms with Crippen molar-refractivity contribution in [2.75, 3.05) is 7.11 Å². The van der Waals surface area contributed by atoms with Crippen molar-refractivity contribution in [3.05, 3.63) is 24.3 Å². The fourth-order valence-corrected chi connectivity index (χ4v) is 0.483. The molecule has 1 aromatic heterocycles. The molecule has 2 nitrogen and oxygen atoms in total. The maximum absolute atomic E-state index is 12.1. The second-order valence-corrected chi connectivity index (χ2v) is 1.52. The van der Waals surface area contributed by atoms with Crippen LogP contribution >= 0.6 is 0 Å². The highest BCUT2D eigenvalue weighted by Crippen LogP contribution is 2.05. The molecule has 76 valence electrons. The standard InChI is InChI=1S/C6H6FNO.2C2H6/c1-9-5-2-3-6(7)8-4-5;2*1-2/h2-4H,1H3;2*1-2H3. The van der Waals surface area contributed by atoms with Crippen LogP contribution in [0.5, 0.6) is 5.75 Å². The van der Waals surface area contributed by atoms with Gasteiger partial charge >= 0.3 is 0 Å². The first kappa shape index (κ1) is 14.4. The Bertz CT molecular complexity index is 187. The molecule has 0 aliphatic rings. The third kappa shape index (κ3) is 7.25. The molecule has 0 saturated carbocycles. The van der Waals surface area contributed by atoms with Gasteiger partial charge in [0, 0.05) is 0 Å². The van der Waals surface area contributed by atoms with E-state index in [4.69, 9.17) is 4.74 Å². The highest BCUT2D eigenvalue weighted by molar-refractivity contribution is 5.15. The van der Waals surface area contributed by atoms with Crippen molar-refractivity contribution in [2.24, 2.45) is 0 Å². The summed E-state index contributed by atoms with van der Waals surface area (Å²) in [5.74, 6) is 0.0761. The summed E-state index contributed by atoms with van der Waals surface area (Å²) in [6.45, 7) is 8.00. The van der Waals surface area contributed by atoms with Crippen LogP contribution in [-0.2, 0) is 0 Å². The summed E-state index contributed by atoms with van der Waals surface area (Å²) in [4.78, 5) is 3.36. The molecule has 0 atom stereocenters. The van der Waals surface area contributed by atoms with E-state index in [-0.39, 0.29) is 0 Å². The molecule has 0 bridgehead atoms. The van der Waals surface area contributed by atoms with E-state index in [1.165, 1.54) is 25.4 Å². The van der Waals surface area contributed by atoms with Gasteiger partial charge < -0.3 is 4.74 Å². The van der Waals surface area contributed by atoms with E-state index in [1.54, 1.807) is 0 Å². The summed E-state index contributed by atoms with van der Waals surface area (Å²) in [6.07, 6.45) is 1.33. The molecule has 0 aliphatic heterocycles. The molecule has 0 amide bonds. The average molecular weight is 187 g/mol. The summed E-state index contributed by atoms with van der Waals surface area (Å²) in [6, 6.07) is 2.77. The lowest BCUT2D eigenvalue weighted by Crippen LogP contribution is -1.85. The fraction of sp³-hybridized carbons (Fsp3) is 0.500. The Morgan fingerprint density at radius 2 is 1.69 bits per heavy atom. The molecule has 0 N–H and O–H groups in total. The van der Waals surface area contributed by atoms with Crippen LogP contribution in [0.1, 0.15) is 27.7 Å². The Balaban J connectivity index is 0. The first-order valence-electron chi connectivity index (χ1n) is 4.48. The molecule has 0 saturated heterocycles. The number of ether oxygens (including phenoxy) is 1. The normalized spacial score (nSPS) is 7.23.